The average Bonchev–Trinajstić information content (AvgIpc) is 2.83. The fourth-order valence-corrected chi connectivity index (χ4v) is 2.73. The van der Waals surface area contributed by atoms with Crippen LogP contribution in [-0.2, 0) is 6.42 Å². The molecule has 1 heterocycles. The highest BCUT2D eigenvalue weighted by Gasteiger charge is 2.17. The van der Waals surface area contributed by atoms with Crippen LogP contribution in [0.5, 0.6) is 0 Å². The third kappa shape index (κ3) is 4.20. The standard InChI is InChI=1S/C15H17Br2NO/c1-2-8-18-14(15-13(17)7-9-19-15)10-11-3-5-12(16)6-4-11/h3-7,9,14,18H,2,8,10H2,1H3. The topological polar surface area (TPSA) is 25.2 Å². The van der Waals surface area contributed by atoms with E-state index >= 15 is 0 Å². The number of hydrogen-bond acceptors (Lipinski definition) is 2. The van der Waals surface area contributed by atoms with Crippen molar-refractivity contribution in [3.05, 3.63) is 56.9 Å². The first-order valence-electron chi connectivity index (χ1n) is 6.41. The fourth-order valence-electron chi connectivity index (χ4n) is 1.99. The Hall–Kier alpha value is -0.580. The lowest BCUT2D eigenvalue weighted by molar-refractivity contribution is 0.408. The van der Waals surface area contributed by atoms with Gasteiger partial charge in [-0.3, -0.25) is 0 Å². The molecular formula is C15H17Br2NO. The van der Waals surface area contributed by atoms with Gasteiger partial charge in [0.1, 0.15) is 5.76 Å². The summed E-state index contributed by atoms with van der Waals surface area (Å²) < 4.78 is 7.73. The normalized spacial score (nSPS) is 12.6. The van der Waals surface area contributed by atoms with Crippen LogP contribution in [0.15, 0.2) is 50.0 Å². The summed E-state index contributed by atoms with van der Waals surface area (Å²) in [7, 11) is 0. The average molecular weight is 387 g/mol. The second kappa shape index (κ2) is 7.27. The van der Waals surface area contributed by atoms with Gasteiger partial charge in [-0.15, -0.1) is 0 Å². The molecule has 0 bridgehead atoms. The number of hydrogen-bond donors (Lipinski definition) is 1. The first kappa shape index (κ1) is 14.8. The summed E-state index contributed by atoms with van der Waals surface area (Å²) in [5, 5.41) is 3.54. The molecule has 1 aromatic carbocycles. The van der Waals surface area contributed by atoms with Crippen molar-refractivity contribution in [2.45, 2.75) is 25.8 Å². The zero-order valence-electron chi connectivity index (χ0n) is 10.8. The minimum absolute atomic E-state index is 0.200. The Morgan fingerprint density at radius 2 is 1.89 bits per heavy atom. The number of nitrogens with one attached hydrogen (secondary N) is 1. The van der Waals surface area contributed by atoms with Crippen LogP contribution >= 0.6 is 31.9 Å². The molecule has 0 radical (unpaired) electrons. The van der Waals surface area contributed by atoms with E-state index in [1.54, 1.807) is 6.26 Å². The number of halogens is 2. The first-order valence-corrected chi connectivity index (χ1v) is 8.00. The molecule has 0 fully saturated rings. The van der Waals surface area contributed by atoms with Crippen LogP contribution in [0.3, 0.4) is 0 Å². The summed E-state index contributed by atoms with van der Waals surface area (Å²) in [5.41, 5.74) is 1.29. The van der Waals surface area contributed by atoms with Crippen molar-refractivity contribution in [3.63, 3.8) is 0 Å². The van der Waals surface area contributed by atoms with E-state index in [4.69, 9.17) is 4.42 Å². The SMILES string of the molecule is CCCNC(Cc1ccc(Br)cc1)c1occc1Br. The number of rotatable bonds is 6. The van der Waals surface area contributed by atoms with Crippen LogP contribution in [0.25, 0.3) is 0 Å². The molecule has 2 nitrogen and oxygen atoms in total. The molecule has 2 rings (SSSR count). The maximum Gasteiger partial charge on any atom is 0.135 e. The maximum absolute atomic E-state index is 5.60. The molecule has 4 heteroatoms. The van der Waals surface area contributed by atoms with Gasteiger partial charge in [-0.1, -0.05) is 35.0 Å². The summed E-state index contributed by atoms with van der Waals surface area (Å²) in [6.07, 6.45) is 3.75. The van der Waals surface area contributed by atoms with E-state index in [-0.39, 0.29) is 6.04 Å². The Bertz CT molecular complexity index is 507. The molecule has 0 spiro atoms. The van der Waals surface area contributed by atoms with Gasteiger partial charge in [-0.25, -0.2) is 0 Å². The fraction of sp³-hybridized carbons (Fsp3) is 0.333. The van der Waals surface area contributed by atoms with Gasteiger partial charge < -0.3 is 9.73 Å². The Morgan fingerprint density at radius 3 is 2.47 bits per heavy atom. The molecule has 1 atom stereocenters. The van der Waals surface area contributed by atoms with E-state index in [1.165, 1.54) is 5.56 Å². The van der Waals surface area contributed by atoms with Crippen LogP contribution in [-0.4, -0.2) is 6.54 Å². The van der Waals surface area contributed by atoms with Gasteiger partial charge in [0.05, 0.1) is 16.8 Å². The van der Waals surface area contributed by atoms with Crippen molar-refractivity contribution in [3.8, 4) is 0 Å². The molecule has 0 aliphatic heterocycles. The third-order valence-electron chi connectivity index (χ3n) is 2.96. The molecule has 1 unspecified atom stereocenters. The van der Waals surface area contributed by atoms with E-state index in [9.17, 15) is 0 Å². The minimum Gasteiger partial charge on any atom is -0.466 e. The summed E-state index contributed by atoms with van der Waals surface area (Å²) in [6, 6.07) is 10.6. The lowest BCUT2D eigenvalue weighted by atomic mass is 10.0. The summed E-state index contributed by atoms with van der Waals surface area (Å²) >= 11 is 7.00. The molecule has 102 valence electrons. The summed E-state index contributed by atoms with van der Waals surface area (Å²) in [4.78, 5) is 0. The second-order valence-corrected chi connectivity index (χ2v) is 6.24. The van der Waals surface area contributed by atoms with Crippen LogP contribution < -0.4 is 5.32 Å². The maximum atomic E-state index is 5.60. The van der Waals surface area contributed by atoms with Crippen molar-refractivity contribution in [1.29, 1.82) is 0 Å². The van der Waals surface area contributed by atoms with Crippen LogP contribution in [0.2, 0.25) is 0 Å². The minimum atomic E-state index is 0.200. The van der Waals surface area contributed by atoms with E-state index < -0.39 is 0 Å². The van der Waals surface area contributed by atoms with Crippen molar-refractivity contribution in [2.24, 2.45) is 0 Å². The molecule has 1 N–H and O–H groups in total. The first-order chi connectivity index (χ1) is 9.20. The monoisotopic (exact) mass is 385 g/mol. The molecule has 0 aliphatic rings. The molecular weight excluding hydrogens is 370 g/mol. The summed E-state index contributed by atoms with van der Waals surface area (Å²) in [6.45, 7) is 3.15. The van der Waals surface area contributed by atoms with E-state index in [0.29, 0.717) is 0 Å². The van der Waals surface area contributed by atoms with Gasteiger partial charge in [-0.2, -0.15) is 0 Å². The van der Waals surface area contributed by atoms with Gasteiger partial charge in [0.2, 0.25) is 0 Å². The van der Waals surface area contributed by atoms with Crippen molar-refractivity contribution in [1.82, 2.24) is 5.32 Å². The second-order valence-electron chi connectivity index (χ2n) is 4.47. The quantitative estimate of drug-likeness (QED) is 0.747. The van der Waals surface area contributed by atoms with Crippen LogP contribution in [0, 0.1) is 0 Å². The molecule has 0 saturated heterocycles. The predicted molar refractivity (Wildman–Crippen MR) is 85.3 cm³/mol. The molecule has 0 saturated carbocycles. The lowest BCUT2D eigenvalue weighted by Gasteiger charge is -2.17. The Balaban J connectivity index is 2.14. The number of benzene rings is 1. The third-order valence-corrected chi connectivity index (χ3v) is 4.14. The Labute approximate surface area is 130 Å². The van der Waals surface area contributed by atoms with E-state index in [0.717, 1.165) is 34.1 Å². The van der Waals surface area contributed by atoms with Crippen LogP contribution in [0.4, 0.5) is 0 Å². The van der Waals surface area contributed by atoms with Gasteiger partial charge >= 0.3 is 0 Å². The lowest BCUT2D eigenvalue weighted by Crippen LogP contribution is -2.24. The number of furan rings is 1. The van der Waals surface area contributed by atoms with Crippen molar-refractivity contribution < 1.29 is 4.42 Å². The molecule has 19 heavy (non-hydrogen) atoms. The largest absolute Gasteiger partial charge is 0.466 e. The zero-order chi connectivity index (χ0) is 13.7. The summed E-state index contributed by atoms with van der Waals surface area (Å²) in [5.74, 6) is 0.969. The zero-order valence-corrected chi connectivity index (χ0v) is 14.0. The van der Waals surface area contributed by atoms with E-state index in [2.05, 4.69) is 68.4 Å². The molecule has 2 aromatic rings. The van der Waals surface area contributed by atoms with Gasteiger partial charge in [0.15, 0.2) is 0 Å². The predicted octanol–water partition coefficient (Wildman–Crippen LogP) is 5.09. The van der Waals surface area contributed by atoms with Gasteiger partial charge in [0, 0.05) is 4.47 Å². The Kier molecular flexibility index (Phi) is 5.67. The van der Waals surface area contributed by atoms with Crippen molar-refractivity contribution >= 4 is 31.9 Å². The smallest absolute Gasteiger partial charge is 0.135 e. The van der Waals surface area contributed by atoms with Crippen molar-refractivity contribution in [2.75, 3.05) is 6.54 Å². The molecule has 1 aromatic heterocycles. The van der Waals surface area contributed by atoms with E-state index in [1.807, 2.05) is 6.07 Å². The highest BCUT2D eigenvalue weighted by Crippen LogP contribution is 2.27. The molecule has 0 amide bonds. The highest BCUT2D eigenvalue weighted by molar-refractivity contribution is 9.10. The Morgan fingerprint density at radius 1 is 1.16 bits per heavy atom. The highest BCUT2D eigenvalue weighted by atomic mass is 79.9. The van der Waals surface area contributed by atoms with Crippen LogP contribution in [0.1, 0.15) is 30.7 Å². The molecule has 0 aliphatic carbocycles. The van der Waals surface area contributed by atoms with Gasteiger partial charge in [-0.05, 0) is 59.1 Å². The van der Waals surface area contributed by atoms with Gasteiger partial charge in [0.25, 0.3) is 0 Å².